The van der Waals surface area contributed by atoms with Gasteiger partial charge in [-0.05, 0) is 19.1 Å². The summed E-state index contributed by atoms with van der Waals surface area (Å²) in [5.74, 6) is 2.09. The van der Waals surface area contributed by atoms with E-state index in [4.69, 9.17) is 9.15 Å². The van der Waals surface area contributed by atoms with Crippen LogP contribution in [0.4, 0.5) is 0 Å². The first-order valence-electron chi connectivity index (χ1n) is 9.23. The Balaban J connectivity index is 1.36. The number of aryl methyl sites for hydroxylation is 2. The van der Waals surface area contributed by atoms with E-state index in [1.807, 2.05) is 28.6 Å². The summed E-state index contributed by atoms with van der Waals surface area (Å²) in [5.41, 5.74) is 2.06. The largest absolute Gasteiger partial charge is 0.465 e. The quantitative estimate of drug-likeness (QED) is 0.792. The number of hydrogen-bond donors (Lipinski definition) is 0. The molecular weight excluding hydrogens is 334 g/mol. The Kier molecular flexibility index (Phi) is 5.03. The number of carbonyl (C=O) groups is 1. The smallest absolute Gasteiger partial charge is 0.223 e. The zero-order valence-electron chi connectivity index (χ0n) is 15.2. The summed E-state index contributed by atoms with van der Waals surface area (Å²) in [7, 11) is 0. The highest BCUT2D eigenvalue weighted by Gasteiger charge is 2.24. The molecule has 26 heavy (non-hydrogen) atoms. The molecule has 0 unspecified atom stereocenters. The van der Waals surface area contributed by atoms with Crippen molar-refractivity contribution in [2.24, 2.45) is 0 Å². The topological polar surface area (TPSA) is 76.6 Å². The van der Waals surface area contributed by atoms with E-state index in [9.17, 15) is 4.79 Å². The summed E-state index contributed by atoms with van der Waals surface area (Å²) in [6.45, 7) is 7.91. The first kappa shape index (κ1) is 17.2. The average molecular weight is 359 g/mol. The van der Waals surface area contributed by atoms with Crippen molar-refractivity contribution in [2.45, 2.75) is 39.4 Å². The van der Waals surface area contributed by atoms with Gasteiger partial charge in [0, 0.05) is 39.0 Å². The van der Waals surface area contributed by atoms with Gasteiger partial charge in [0.1, 0.15) is 11.5 Å². The number of hydrogen-bond acceptors (Lipinski definition) is 6. The fourth-order valence-electron chi connectivity index (χ4n) is 3.56. The second-order valence-corrected chi connectivity index (χ2v) is 6.92. The molecule has 0 N–H and O–H groups in total. The van der Waals surface area contributed by atoms with Gasteiger partial charge in [-0.25, -0.2) is 4.68 Å². The van der Waals surface area contributed by atoms with Gasteiger partial charge in [-0.1, -0.05) is 5.21 Å². The lowest BCUT2D eigenvalue weighted by Crippen LogP contribution is -2.40. The summed E-state index contributed by atoms with van der Waals surface area (Å²) in [6, 6.07) is 4.02. The van der Waals surface area contributed by atoms with E-state index in [2.05, 4.69) is 15.2 Å². The minimum absolute atomic E-state index is 0.175. The van der Waals surface area contributed by atoms with Gasteiger partial charge in [-0.15, -0.1) is 5.10 Å². The van der Waals surface area contributed by atoms with Gasteiger partial charge in [0.2, 0.25) is 5.91 Å². The number of amides is 1. The zero-order valence-corrected chi connectivity index (χ0v) is 15.2. The molecule has 1 fully saturated rings. The lowest BCUT2D eigenvalue weighted by atomic mass is 10.1. The van der Waals surface area contributed by atoms with Crippen LogP contribution in [-0.4, -0.2) is 63.5 Å². The molecular formula is C18H25N5O3. The minimum Gasteiger partial charge on any atom is -0.465 e. The normalized spacial score (nSPS) is 18.1. The van der Waals surface area contributed by atoms with Crippen molar-refractivity contribution < 1.29 is 13.9 Å². The molecule has 0 radical (unpaired) electrons. The number of nitrogens with zero attached hydrogens (tertiary/aromatic N) is 5. The van der Waals surface area contributed by atoms with Crippen LogP contribution in [0.2, 0.25) is 0 Å². The molecule has 0 aliphatic carbocycles. The molecule has 2 aromatic heterocycles. The van der Waals surface area contributed by atoms with Gasteiger partial charge in [-0.2, -0.15) is 0 Å². The van der Waals surface area contributed by atoms with Crippen LogP contribution in [0.15, 0.2) is 16.5 Å². The Labute approximate surface area is 152 Å². The van der Waals surface area contributed by atoms with Crippen LogP contribution < -0.4 is 0 Å². The van der Waals surface area contributed by atoms with E-state index in [-0.39, 0.29) is 5.91 Å². The van der Waals surface area contributed by atoms with E-state index in [1.165, 1.54) is 0 Å². The van der Waals surface area contributed by atoms with Gasteiger partial charge in [0.15, 0.2) is 0 Å². The van der Waals surface area contributed by atoms with Crippen molar-refractivity contribution in [3.8, 4) is 0 Å². The lowest BCUT2D eigenvalue weighted by molar-refractivity contribution is -0.135. The average Bonchev–Trinajstić information content (AvgIpc) is 3.26. The molecule has 8 nitrogen and oxygen atoms in total. The first-order chi connectivity index (χ1) is 12.7. The molecule has 1 amide bonds. The van der Waals surface area contributed by atoms with Crippen molar-refractivity contribution in [2.75, 3.05) is 32.8 Å². The van der Waals surface area contributed by atoms with Crippen LogP contribution in [0.5, 0.6) is 0 Å². The highest BCUT2D eigenvalue weighted by Crippen LogP contribution is 2.19. The maximum atomic E-state index is 12.4. The second-order valence-electron chi connectivity index (χ2n) is 6.92. The maximum Gasteiger partial charge on any atom is 0.223 e. The fourth-order valence-corrected chi connectivity index (χ4v) is 3.56. The summed E-state index contributed by atoms with van der Waals surface area (Å²) >= 11 is 0. The fraction of sp³-hybridized carbons (Fsp3) is 0.611. The first-order valence-corrected chi connectivity index (χ1v) is 9.23. The molecule has 140 valence electrons. The van der Waals surface area contributed by atoms with E-state index < -0.39 is 0 Å². The molecule has 2 aliphatic rings. The molecule has 0 atom stereocenters. The monoisotopic (exact) mass is 359 g/mol. The number of furan rings is 1. The van der Waals surface area contributed by atoms with E-state index in [0.717, 1.165) is 49.1 Å². The lowest BCUT2D eigenvalue weighted by Gasteiger charge is -2.27. The molecule has 8 heteroatoms. The molecule has 1 saturated heterocycles. The number of aromatic nitrogens is 3. The number of ether oxygens (including phenoxy) is 1. The highest BCUT2D eigenvalue weighted by atomic mass is 16.5. The number of carbonyl (C=O) groups excluding carboxylic acids is 1. The predicted molar refractivity (Wildman–Crippen MR) is 93.3 cm³/mol. The second kappa shape index (κ2) is 7.59. The molecule has 0 spiro atoms. The Bertz CT molecular complexity index is 763. The molecule has 0 aromatic carbocycles. The van der Waals surface area contributed by atoms with Gasteiger partial charge in [0.05, 0.1) is 37.7 Å². The third-order valence-corrected chi connectivity index (χ3v) is 5.03. The third kappa shape index (κ3) is 3.81. The molecule has 2 aromatic rings. The van der Waals surface area contributed by atoms with Crippen molar-refractivity contribution in [1.82, 2.24) is 24.8 Å². The van der Waals surface area contributed by atoms with Crippen molar-refractivity contribution >= 4 is 5.91 Å². The van der Waals surface area contributed by atoms with Crippen LogP contribution in [0.25, 0.3) is 0 Å². The van der Waals surface area contributed by atoms with Gasteiger partial charge in [0.25, 0.3) is 0 Å². The van der Waals surface area contributed by atoms with Crippen molar-refractivity contribution in [3.05, 3.63) is 35.0 Å². The summed E-state index contributed by atoms with van der Waals surface area (Å²) in [6.07, 6.45) is 1.11. The van der Waals surface area contributed by atoms with Gasteiger partial charge >= 0.3 is 0 Å². The molecule has 4 rings (SSSR count). The van der Waals surface area contributed by atoms with Crippen LogP contribution >= 0.6 is 0 Å². The van der Waals surface area contributed by atoms with Crippen molar-refractivity contribution in [1.29, 1.82) is 0 Å². The van der Waals surface area contributed by atoms with Crippen LogP contribution in [-0.2, 0) is 35.6 Å². The van der Waals surface area contributed by atoms with Crippen molar-refractivity contribution in [3.63, 3.8) is 0 Å². The summed E-state index contributed by atoms with van der Waals surface area (Å²) in [4.78, 5) is 16.6. The molecule has 0 bridgehead atoms. The standard InChI is InChI=1S/C18H25N5O3/c1-14-2-3-15(26-14)12-21-6-7-23-17(13-21)16(19-20-23)4-5-18(24)22-8-10-25-11-9-22/h2-3H,4-13H2,1H3. The Morgan fingerprint density at radius 3 is 2.81 bits per heavy atom. The number of fused-ring (bicyclic) bond motifs is 1. The maximum absolute atomic E-state index is 12.4. The SMILES string of the molecule is Cc1ccc(CN2CCn3nnc(CCC(=O)N4CCOCC4)c3C2)o1. The third-order valence-electron chi connectivity index (χ3n) is 5.03. The Morgan fingerprint density at radius 1 is 1.19 bits per heavy atom. The molecule has 0 saturated carbocycles. The minimum atomic E-state index is 0.175. The van der Waals surface area contributed by atoms with Crippen LogP contribution in [0.3, 0.4) is 0 Å². The van der Waals surface area contributed by atoms with Gasteiger partial charge < -0.3 is 14.1 Å². The Morgan fingerprint density at radius 2 is 2.04 bits per heavy atom. The number of morpholine rings is 1. The molecule has 2 aliphatic heterocycles. The predicted octanol–water partition coefficient (Wildman–Crippen LogP) is 0.987. The highest BCUT2D eigenvalue weighted by molar-refractivity contribution is 5.76. The van der Waals surface area contributed by atoms with E-state index in [0.29, 0.717) is 39.1 Å². The summed E-state index contributed by atoms with van der Waals surface area (Å²) < 4.78 is 13.0. The van der Waals surface area contributed by atoms with Crippen LogP contribution in [0, 0.1) is 6.92 Å². The van der Waals surface area contributed by atoms with E-state index >= 15 is 0 Å². The number of rotatable bonds is 5. The Hall–Kier alpha value is -2.19. The summed E-state index contributed by atoms with van der Waals surface area (Å²) in [5, 5.41) is 8.59. The van der Waals surface area contributed by atoms with E-state index in [1.54, 1.807) is 0 Å². The zero-order chi connectivity index (χ0) is 17.9. The molecule has 4 heterocycles. The van der Waals surface area contributed by atoms with Crippen LogP contribution in [0.1, 0.15) is 29.3 Å². The van der Waals surface area contributed by atoms with Gasteiger partial charge in [-0.3, -0.25) is 9.69 Å².